The maximum atomic E-state index is 15.5. The van der Waals surface area contributed by atoms with E-state index in [-0.39, 0.29) is 38.6 Å². The number of para-hydroxylation sites is 2. The van der Waals surface area contributed by atoms with Gasteiger partial charge in [-0.25, -0.2) is 0 Å². The molecule has 388 valence electrons. The van der Waals surface area contributed by atoms with Gasteiger partial charge in [0.05, 0.1) is 39.1 Å². The topological polar surface area (TPSA) is 51.6 Å². The first-order valence-corrected chi connectivity index (χ1v) is 27.8. The SMILES string of the molecule is CC(C)(C)c1ccc(N(C2=CCC(n3c4ccccc4c4ccc5c6ccccc6n(-c6cc7c(=O)c8cc(C(C)(C)C)ccc8n8c9ccc(C(C)(C)C)cc9c(=O)c(c6)c78)c5c43)C=C2)c2ccc(C(C)(C)C)cc2)cc1. The van der Waals surface area contributed by atoms with Crippen molar-refractivity contribution in [2.45, 2.75) is 117 Å². The lowest BCUT2D eigenvalue weighted by molar-refractivity contribution is 0.590. The molecule has 1 atom stereocenters. The van der Waals surface area contributed by atoms with Gasteiger partial charge >= 0.3 is 0 Å². The number of hydrogen-bond donors (Lipinski definition) is 0. The van der Waals surface area contributed by atoms with Crippen LogP contribution in [-0.2, 0) is 21.7 Å². The van der Waals surface area contributed by atoms with E-state index in [1.54, 1.807) is 0 Å². The summed E-state index contributed by atoms with van der Waals surface area (Å²) >= 11 is 0. The Bertz CT molecular complexity index is 4470. The van der Waals surface area contributed by atoms with Crippen LogP contribution in [0.4, 0.5) is 11.4 Å². The van der Waals surface area contributed by atoms with Gasteiger partial charge in [0.25, 0.3) is 0 Å². The van der Waals surface area contributed by atoms with Crippen molar-refractivity contribution >= 4 is 93.1 Å². The number of fused-ring (bicyclic) bond motifs is 11. The van der Waals surface area contributed by atoms with E-state index in [1.165, 1.54) is 16.5 Å². The second-order valence-corrected chi connectivity index (χ2v) is 26.2. The van der Waals surface area contributed by atoms with E-state index in [4.69, 9.17) is 0 Å². The number of allylic oxidation sites excluding steroid dienone is 3. The molecule has 6 nitrogen and oxygen atoms in total. The first-order valence-electron chi connectivity index (χ1n) is 27.8. The van der Waals surface area contributed by atoms with Crippen LogP contribution in [0.5, 0.6) is 0 Å². The molecule has 8 aromatic carbocycles. The van der Waals surface area contributed by atoms with Gasteiger partial charge in [-0.1, -0.05) is 180 Å². The zero-order valence-electron chi connectivity index (χ0n) is 47.1. The molecule has 78 heavy (non-hydrogen) atoms. The molecular formula is C72H68N4O2. The van der Waals surface area contributed by atoms with Crippen LogP contribution in [0.2, 0.25) is 0 Å². The van der Waals surface area contributed by atoms with Gasteiger partial charge in [-0.05, 0) is 129 Å². The van der Waals surface area contributed by atoms with Crippen LogP contribution in [0.25, 0.3) is 87.4 Å². The molecular weight excluding hydrogens is 953 g/mol. The number of nitrogens with zero attached hydrogens (tertiary/aromatic N) is 4. The van der Waals surface area contributed by atoms with E-state index in [0.717, 1.165) is 89.6 Å². The molecule has 1 aliphatic carbocycles. The second kappa shape index (κ2) is 17.1. The molecule has 12 aromatic rings. The first kappa shape index (κ1) is 49.4. The molecule has 0 N–H and O–H groups in total. The van der Waals surface area contributed by atoms with Crippen molar-refractivity contribution in [1.29, 1.82) is 0 Å². The summed E-state index contributed by atoms with van der Waals surface area (Å²) in [5.74, 6) is 0. The van der Waals surface area contributed by atoms with E-state index in [1.807, 2.05) is 0 Å². The smallest absolute Gasteiger partial charge is 0.197 e. The van der Waals surface area contributed by atoms with E-state index in [9.17, 15) is 0 Å². The lowest BCUT2D eigenvalue weighted by Gasteiger charge is -2.31. The van der Waals surface area contributed by atoms with Crippen molar-refractivity contribution in [3.05, 3.63) is 224 Å². The summed E-state index contributed by atoms with van der Waals surface area (Å²) in [6, 6.07) is 56.7. The Hall–Kier alpha value is -8.22. The molecule has 4 aromatic heterocycles. The predicted octanol–water partition coefficient (Wildman–Crippen LogP) is 18.2. The summed E-state index contributed by atoms with van der Waals surface area (Å²) in [5.41, 5.74) is 15.0. The normalized spacial score (nSPS) is 14.9. The number of anilines is 2. The summed E-state index contributed by atoms with van der Waals surface area (Å²) < 4.78 is 7.06. The van der Waals surface area contributed by atoms with Crippen molar-refractivity contribution in [3.8, 4) is 5.69 Å². The standard InChI is InChI=1S/C72H68N4O2/c1-69(2,3)43-21-27-47(28-22-43)73(48-29-23-44(24-30-48)70(4,5)6)49-31-33-50(34-32-49)74-60-19-15-13-17-52(60)54-35-36-55-53-18-14-16-20-61(53)75(66(55)65(54)74)51-41-58-64-59(42-51)68(78)57-40-46(72(10,11)12)26-38-63(57)76(64)62-37-25-45(71(7,8)9)39-56(62)67(58)77/h13-33,35-42,50H,34H2,1-12H3. The lowest BCUT2D eigenvalue weighted by Crippen LogP contribution is -2.19. The maximum Gasteiger partial charge on any atom is 0.197 e. The van der Waals surface area contributed by atoms with Crippen LogP contribution < -0.4 is 15.8 Å². The second-order valence-electron chi connectivity index (χ2n) is 26.2. The summed E-state index contributed by atoms with van der Waals surface area (Å²) in [4.78, 5) is 33.3. The van der Waals surface area contributed by atoms with Crippen molar-refractivity contribution in [3.63, 3.8) is 0 Å². The fourth-order valence-electron chi connectivity index (χ4n) is 12.5. The Morgan fingerprint density at radius 1 is 0.410 bits per heavy atom. The van der Waals surface area contributed by atoms with Gasteiger partial charge in [-0.2, -0.15) is 0 Å². The summed E-state index contributed by atoms with van der Waals surface area (Å²) in [6.45, 7) is 26.7. The molecule has 0 saturated heterocycles. The summed E-state index contributed by atoms with van der Waals surface area (Å²) in [7, 11) is 0. The molecule has 0 saturated carbocycles. The third kappa shape index (κ3) is 7.65. The average Bonchev–Trinajstić information content (AvgIpc) is 4.00. The molecule has 0 bridgehead atoms. The van der Waals surface area contributed by atoms with Crippen LogP contribution in [0.3, 0.4) is 0 Å². The van der Waals surface area contributed by atoms with Crippen molar-refractivity contribution in [1.82, 2.24) is 13.5 Å². The van der Waals surface area contributed by atoms with Gasteiger partial charge in [0.1, 0.15) is 0 Å². The van der Waals surface area contributed by atoms with E-state index in [0.29, 0.717) is 27.1 Å². The highest BCUT2D eigenvalue weighted by molar-refractivity contribution is 6.23. The third-order valence-electron chi connectivity index (χ3n) is 16.9. The zero-order chi connectivity index (χ0) is 54.5. The quantitative estimate of drug-likeness (QED) is 0.127. The molecule has 4 heterocycles. The minimum Gasteiger partial charge on any atom is -0.331 e. The Labute approximate surface area is 456 Å². The fraction of sp³-hybridized carbons (Fsp3) is 0.250. The molecule has 13 rings (SSSR count). The van der Waals surface area contributed by atoms with Gasteiger partial charge in [-0.15, -0.1) is 0 Å². The van der Waals surface area contributed by atoms with E-state index < -0.39 is 0 Å². The average molecular weight is 1020 g/mol. The molecule has 0 fully saturated rings. The Balaban J connectivity index is 1.06. The zero-order valence-corrected chi connectivity index (χ0v) is 47.1. The Kier molecular flexibility index (Phi) is 10.8. The summed E-state index contributed by atoms with van der Waals surface area (Å²) in [5, 5.41) is 6.86. The molecule has 1 unspecified atom stereocenters. The van der Waals surface area contributed by atoms with Crippen LogP contribution in [0.1, 0.15) is 118 Å². The highest BCUT2D eigenvalue weighted by Crippen LogP contribution is 2.45. The van der Waals surface area contributed by atoms with E-state index >= 15 is 9.59 Å². The molecule has 0 radical (unpaired) electrons. The van der Waals surface area contributed by atoms with Gasteiger partial charge in [0.2, 0.25) is 0 Å². The van der Waals surface area contributed by atoms with Gasteiger partial charge < -0.3 is 18.4 Å². The van der Waals surface area contributed by atoms with Crippen molar-refractivity contribution in [2.75, 3.05) is 4.90 Å². The molecule has 0 amide bonds. The monoisotopic (exact) mass is 1020 g/mol. The maximum absolute atomic E-state index is 15.5. The van der Waals surface area contributed by atoms with E-state index in [2.05, 4.69) is 277 Å². The van der Waals surface area contributed by atoms with Crippen molar-refractivity contribution < 1.29 is 0 Å². The molecule has 0 aliphatic heterocycles. The highest BCUT2D eigenvalue weighted by Gasteiger charge is 2.28. The van der Waals surface area contributed by atoms with Gasteiger partial charge in [0, 0.05) is 71.4 Å². The minimum absolute atomic E-state index is 0.0339. The number of hydrogen-bond acceptors (Lipinski definition) is 3. The molecule has 1 aliphatic rings. The number of rotatable bonds is 5. The number of aromatic nitrogens is 3. The molecule has 0 spiro atoms. The van der Waals surface area contributed by atoms with Crippen LogP contribution in [0, 0.1) is 0 Å². The van der Waals surface area contributed by atoms with Gasteiger partial charge in [0.15, 0.2) is 10.9 Å². The Morgan fingerprint density at radius 3 is 1.33 bits per heavy atom. The van der Waals surface area contributed by atoms with Crippen LogP contribution >= 0.6 is 0 Å². The summed E-state index contributed by atoms with van der Waals surface area (Å²) in [6.07, 6.45) is 7.84. The number of benzene rings is 8. The minimum atomic E-state index is -0.187. The highest BCUT2D eigenvalue weighted by atomic mass is 16.1. The Morgan fingerprint density at radius 2 is 0.859 bits per heavy atom. The lowest BCUT2D eigenvalue weighted by atomic mass is 9.85. The van der Waals surface area contributed by atoms with Crippen LogP contribution in [0.15, 0.2) is 191 Å². The van der Waals surface area contributed by atoms with Crippen LogP contribution in [-0.4, -0.2) is 13.5 Å². The third-order valence-corrected chi connectivity index (χ3v) is 16.9. The number of pyridine rings is 2. The largest absolute Gasteiger partial charge is 0.331 e. The molecule has 6 heteroatoms. The fourth-order valence-corrected chi connectivity index (χ4v) is 12.5. The first-order chi connectivity index (χ1) is 37.1. The van der Waals surface area contributed by atoms with Gasteiger partial charge in [-0.3, -0.25) is 9.59 Å². The predicted molar refractivity (Wildman–Crippen MR) is 332 cm³/mol. The van der Waals surface area contributed by atoms with Crippen molar-refractivity contribution in [2.24, 2.45) is 0 Å².